The Balaban J connectivity index is 1.54. The second-order valence-electron chi connectivity index (χ2n) is 8.85. The van der Waals surface area contributed by atoms with Crippen molar-refractivity contribution in [1.29, 1.82) is 0 Å². The molecule has 0 radical (unpaired) electrons. The first kappa shape index (κ1) is 25.3. The Morgan fingerprint density at radius 1 is 1.17 bits per heavy atom. The normalized spacial score (nSPS) is 15.9. The Bertz CT molecular complexity index is 1250. The molecule has 2 amide bonds. The average Bonchev–Trinajstić information content (AvgIpc) is 3.39. The van der Waals surface area contributed by atoms with Crippen molar-refractivity contribution in [3.63, 3.8) is 0 Å². The summed E-state index contributed by atoms with van der Waals surface area (Å²) in [6.45, 7) is 4.52. The summed E-state index contributed by atoms with van der Waals surface area (Å²) < 4.78 is 0. The van der Waals surface area contributed by atoms with Crippen LogP contribution in [0.5, 0.6) is 0 Å². The van der Waals surface area contributed by atoms with E-state index in [2.05, 4.69) is 11.4 Å². The monoisotopic (exact) mass is 503 g/mol. The molecule has 0 aliphatic carbocycles. The average molecular weight is 504 g/mol. The van der Waals surface area contributed by atoms with Gasteiger partial charge < -0.3 is 9.80 Å². The summed E-state index contributed by atoms with van der Waals surface area (Å²) in [4.78, 5) is 42.1. The number of hydrogen-bond acceptors (Lipinski definition) is 5. The summed E-state index contributed by atoms with van der Waals surface area (Å²) in [5.74, 6) is -0.348. The van der Waals surface area contributed by atoms with Gasteiger partial charge in [0, 0.05) is 35.7 Å². The van der Waals surface area contributed by atoms with E-state index in [1.807, 2.05) is 49.1 Å². The maximum absolute atomic E-state index is 13.7. The van der Waals surface area contributed by atoms with E-state index in [1.54, 1.807) is 34.4 Å². The molecular weight excluding hydrogens is 474 g/mol. The van der Waals surface area contributed by atoms with Gasteiger partial charge in [-0.15, -0.1) is 11.3 Å². The van der Waals surface area contributed by atoms with Gasteiger partial charge in [0.05, 0.1) is 11.0 Å². The molecule has 2 aromatic carbocycles. The Kier molecular flexibility index (Phi) is 7.95. The van der Waals surface area contributed by atoms with Crippen LogP contribution in [0.4, 0.5) is 5.69 Å². The minimum Gasteiger partial charge on any atom is -0.330 e. The number of rotatable bonds is 8. The Morgan fingerprint density at radius 2 is 1.89 bits per heavy atom. The van der Waals surface area contributed by atoms with Crippen molar-refractivity contribution in [2.75, 3.05) is 13.1 Å². The predicted molar refractivity (Wildman–Crippen MR) is 142 cm³/mol. The third-order valence-electron chi connectivity index (χ3n) is 6.64. The lowest BCUT2D eigenvalue weighted by molar-refractivity contribution is -0.384. The Hall–Kier alpha value is -3.78. The summed E-state index contributed by atoms with van der Waals surface area (Å²) in [5, 5.41) is 12.9. The van der Waals surface area contributed by atoms with E-state index in [9.17, 15) is 19.7 Å². The summed E-state index contributed by atoms with van der Waals surface area (Å²) in [6, 6.07) is 17.8. The summed E-state index contributed by atoms with van der Waals surface area (Å²) in [5.41, 5.74) is 2.89. The number of fused-ring (bicyclic) bond motifs is 1. The minimum absolute atomic E-state index is 0.00594. The van der Waals surface area contributed by atoms with Crippen LogP contribution in [0, 0.1) is 10.1 Å². The van der Waals surface area contributed by atoms with E-state index in [-0.39, 0.29) is 36.1 Å². The number of amides is 2. The number of carbonyl (C=O) groups is 2. The number of nitrogens with zero attached hydrogens (tertiary/aromatic N) is 3. The van der Waals surface area contributed by atoms with E-state index in [1.165, 1.54) is 23.1 Å². The first-order valence-electron chi connectivity index (χ1n) is 12.0. The number of non-ortho nitro benzene ring substituents is 1. The summed E-state index contributed by atoms with van der Waals surface area (Å²) in [6.07, 6.45) is 4.57. The fourth-order valence-corrected chi connectivity index (χ4v) is 5.36. The van der Waals surface area contributed by atoms with Crippen LogP contribution in [-0.4, -0.2) is 45.7 Å². The first-order valence-corrected chi connectivity index (χ1v) is 12.9. The molecule has 0 spiro atoms. The first-order chi connectivity index (χ1) is 17.4. The molecule has 0 saturated heterocycles. The van der Waals surface area contributed by atoms with E-state index in [0.717, 1.165) is 17.5 Å². The molecule has 3 aromatic rings. The van der Waals surface area contributed by atoms with Gasteiger partial charge in [-0.3, -0.25) is 19.7 Å². The lowest BCUT2D eigenvalue weighted by Crippen LogP contribution is -2.48. The molecule has 7 nitrogen and oxygen atoms in total. The Morgan fingerprint density at radius 3 is 2.56 bits per heavy atom. The lowest BCUT2D eigenvalue weighted by atomic mass is 9.93. The minimum atomic E-state index is -0.461. The third-order valence-corrected chi connectivity index (χ3v) is 7.63. The summed E-state index contributed by atoms with van der Waals surface area (Å²) in [7, 11) is 0. The molecule has 0 N–H and O–H groups in total. The van der Waals surface area contributed by atoms with Crippen LogP contribution in [-0.2, 0) is 16.0 Å². The zero-order chi connectivity index (χ0) is 25.7. The second-order valence-corrected chi connectivity index (χ2v) is 9.86. The molecule has 4 rings (SSSR count). The van der Waals surface area contributed by atoms with Gasteiger partial charge in [0.2, 0.25) is 11.8 Å². The van der Waals surface area contributed by atoms with Crippen LogP contribution in [0.2, 0.25) is 0 Å². The predicted octanol–water partition coefficient (Wildman–Crippen LogP) is 5.47. The quantitative estimate of drug-likeness (QED) is 0.232. The number of hydrogen-bond donors (Lipinski definition) is 0. The van der Waals surface area contributed by atoms with E-state index < -0.39 is 4.92 Å². The maximum atomic E-state index is 13.7. The third kappa shape index (κ3) is 5.54. The van der Waals surface area contributed by atoms with Gasteiger partial charge in [-0.1, -0.05) is 37.3 Å². The molecule has 1 aliphatic rings. The highest BCUT2D eigenvalue weighted by molar-refractivity contribution is 7.10. The van der Waals surface area contributed by atoms with Crippen LogP contribution < -0.4 is 0 Å². The molecule has 186 valence electrons. The molecule has 0 saturated carbocycles. The van der Waals surface area contributed by atoms with E-state index in [4.69, 9.17) is 0 Å². The van der Waals surface area contributed by atoms with Gasteiger partial charge in [-0.05, 0) is 66.1 Å². The number of benzene rings is 2. The molecule has 1 aliphatic heterocycles. The second kappa shape index (κ2) is 11.3. The molecule has 0 fully saturated rings. The smallest absolute Gasteiger partial charge is 0.269 e. The fourth-order valence-electron chi connectivity index (χ4n) is 4.46. The van der Waals surface area contributed by atoms with Gasteiger partial charge in [0.15, 0.2) is 0 Å². The Labute approximate surface area is 214 Å². The van der Waals surface area contributed by atoms with Crippen LogP contribution in [0.25, 0.3) is 6.08 Å². The molecule has 36 heavy (non-hydrogen) atoms. The van der Waals surface area contributed by atoms with Crippen molar-refractivity contribution in [1.82, 2.24) is 9.80 Å². The lowest BCUT2D eigenvalue weighted by Gasteiger charge is -2.38. The number of carbonyl (C=O) groups excluding carboxylic acids is 2. The molecule has 2 atom stereocenters. The van der Waals surface area contributed by atoms with Crippen LogP contribution in [0.1, 0.15) is 47.9 Å². The zero-order valence-electron chi connectivity index (χ0n) is 20.4. The van der Waals surface area contributed by atoms with Gasteiger partial charge >= 0.3 is 0 Å². The van der Waals surface area contributed by atoms with Crippen molar-refractivity contribution in [2.24, 2.45) is 0 Å². The van der Waals surface area contributed by atoms with Crippen molar-refractivity contribution in [2.45, 2.75) is 38.8 Å². The van der Waals surface area contributed by atoms with Gasteiger partial charge in [-0.2, -0.15) is 0 Å². The van der Waals surface area contributed by atoms with Gasteiger partial charge in [-0.25, -0.2) is 0 Å². The SMILES string of the molecule is CC[C@@H](C)N(CC(=O)N1CCc2sccc2[C@@H]1c1ccccc1)C(=O)/C=C/c1ccc([N+](=O)[O-])cc1. The largest absolute Gasteiger partial charge is 0.330 e. The van der Waals surface area contributed by atoms with Crippen LogP contribution in [0.15, 0.2) is 72.1 Å². The molecule has 2 heterocycles. The zero-order valence-corrected chi connectivity index (χ0v) is 21.2. The van der Waals surface area contributed by atoms with E-state index in [0.29, 0.717) is 18.5 Å². The number of thiophene rings is 1. The van der Waals surface area contributed by atoms with Crippen molar-refractivity contribution in [3.05, 3.63) is 104 Å². The fraction of sp³-hybridized carbons (Fsp3) is 0.286. The van der Waals surface area contributed by atoms with E-state index >= 15 is 0 Å². The summed E-state index contributed by atoms with van der Waals surface area (Å²) >= 11 is 1.72. The van der Waals surface area contributed by atoms with Crippen molar-refractivity contribution in [3.8, 4) is 0 Å². The highest BCUT2D eigenvalue weighted by atomic mass is 32.1. The standard InChI is InChI=1S/C28H29N3O4S/c1-3-20(2)30(26(32)14-11-21-9-12-23(13-10-21)31(34)35)19-27(33)29-17-15-25-24(16-18-36-25)28(29)22-7-5-4-6-8-22/h4-14,16,18,20,28H,3,15,17,19H2,1-2H3/b14-11+/t20-,28+/m1/s1. The van der Waals surface area contributed by atoms with Crippen molar-refractivity contribution < 1.29 is 14.5 Å². The molecule has 8 heteroatoms. The topological polar surface area (TPSA) is 83.8 Å². The molecule has 1 aromatic heterocycles. The highest BCUT2D eigenvalue weighted by Crippen LogP contribution is 2.37. The maximum Gasteiger partial charge on any atom is 0.269 e. The number of nitro benzene ring substituents is 1. The van der Waals surface area contributed by atoms with Crippen molar-refractivity contribution >= 4 is 34.9 Å². The highest BCUT2D eigenvalue weighted by Gasteiger charge is 2.34. The molecule has 0 bridgehead atoms. The number of nitro groups is 1. The van der Waals surface area contributed by atoms with Gasteiger partial charge in [0.25, 0.3) is 5.69 Å². The van der Waals surface area contributed by atoms with Crippen LogP contribution in [0.3, 0.4) is 0 Å². The van der Waals surface area contributed by atoms with Crippen LogP contribution >= 0.6 is 11.3 Å². The molecular formula is C28H29N3O4S. The van der Waals surface area contributed by atoms with Gasteiger partial charge in [0.1, 0.15) is 6.54 Å². The molecule has 0 unspecified atom stereocenters.